The number of anilines is 1. The van der Waals surface area contributed by atoms with Crippen molar-refractivity contribution in [2.45, 2.75) is 6.42 Å². The molecule has 0 spiro atoms. The molecule has 5 nitrogen and oxygen atoms in total. The second-order valence-electron chi connectivity index (χ2n) is 4.76. The average molecular weight is 342 g/mol. The molecule has 1 saturated heterocycles. The molecule has 0 unspecified atom stereocenters. The molecule has 0 aromatic heterocycles. The van der Waals surface area contributed by atoms with Crippen molar-refractivity contribution in [1.82, 2.24) is 10.2 Å². The number of morpholine rings is 1. The van der Waals surface area contributed by atoms with Gasteiger partial charge in [0.1, 0.15) is 0 Å². The summed E-state index contributed by atoms with van der Waals surface area (Å²) in [6, 6.07) is 5.37. The van der Waals surface area contributed by atoms with E-state index >= 15 is 0 Å². The summed E-state index contributed by atoms with van der Waals surface area (Å²) >= 11 is 3.32. The molecule has 1 aromatic rings. The van der Waals surface area contributed by atoms with Crippen LogP contribution in [-0.4, -0.2) is 50.2 Å². The van der Waals surface area contributed by atoms with Crippen molar-refractivity contribution in [3.05, 3.63) is 28.2 Å². The standard InChI is InChI=1S/C14H20BrN3O2/c15-12-4-1-3-11(13(12)16)14(19)17-5-2-6-18-7-9-20-10-8-18/h1,3-4H,2,5-10,16H2,(H,17,19). The SMILES string of the molecule is Nc1c(Br)cccc1C(=O)NCCCN1CCOCC1. The highest BCUT2D eigenvalue weighted by Gasteiger charge is 2.12. The highest BCUT2D eigenvalue weighted by Crippen LogP contribution is 2.22. The number of carbonyl (C=O) groups excluding carboxylic acids is 1. The lowest BCUT2D eigenvalue weighted by Gasteiger charge is -2.26. The van der Waals surface area contributed by atoms with Crippen LogP contribution in [0.3, 0.4) is 0 Å². The maximum absolute atomic E-state index is 12.0. The summed E-state index contributed by atoms with van der Waals surface area (Å²) in [6.45, 7) is 5.21. The van der Waals surface area contributed by atoms with Gasteiger partial charge in [-0.25, -0.2) is 0 Å². The van der Waals surface area contributed by atoms with Crippen molar-refractivity contribution in [1.29, 1.82) is 0 Å². The first-order valence-corrected chi connectivity index (χ1v) is 7.60. The lowest BCUT2D eigenvalue weighted by molar-refractivity contribution is 0.0374. The maximum Gasteiger partial charge on any atom is 0.253 e. The van der Waals surface area contributed by atoms with E-state index in [2.05, 4.69) is 26.1 Å². The van der Waals surface area contributed by atoms with E-state index < -0.39 is 0 Å². The van der Waals surface area contributed by atoms with Gasteiger partial charge in [0.2, 0.25) is 0 Å². The predicted octanol–water partition coefficient (Wildman–Crippen LogP) is 1.48. The summed E-state index contributed by atoms with van der Waals surface area (Å²) in [6.07, 6.45) is 0.930. The van der Waals surface area contributed by atoms with Gasteiger partial charge < -0.3 is 15.8 Å². The van der Waals surface area contributed by atoms with Crippen molar-refractivity contribution >= 4 is 27.5 Å². The van der Waals surface area contributed by atoms with Crippen molar-refractivity contribution < 1.29 is 9.53 Å². The smallest absolute Gasteiger partial charge is 0.253 e. The molecule has 1 aliphatic heterocycles. The number of halogens is 1. The summed E-state index contributed by atoms with van der Waals surface area (Å²) in [7, 11) is 0. The molecular weight excluding hydrogens is 322 g/mol. The summed E-state index contributed by atoms with van der Waals surface area (Å²) < 4.78 is 6.05. The van der Waals surface area contributed by atoms with Crippen LogP contribution in [0.1, 0.15) is 16.8 Å². The fourth-order valence-electron chi connectivity index (χ4n) is 2.16. The van der Waals surface area contributed by atoms with E-state index in [1.807, 2.05) is 12.1 Å². The van der Waals surface area contributed by atoms with Gasteiger partial charge in [-0.2, -0.15) is 0 Å². The Balaban J connectivity index is 1.73. The van der Waals surface area contributed by atoms with Gasteiger partial charge in [-0.05, 0) is 41.0 Å². The highest BCUT2D eigenvalue weighted by atomic mass is 79.9. The van der Waals surface area contributed by atoms with Crippen molar-refractivity contribution in [3.63, 3.8) is 0 Å². The molecule has 0 radical (unpaired) electrons. The lowest BCUT2D eigenvalue weighted by atomic mass is 10.1. The van der Waals surface area contributed by atoms with E-state index in [4.69, 9.17) is 10.5 Å². The molecule has 2 rings (SSSR count). The molecule has 0 bridgehead atoms. The fourth-order valence-corrected chi connectivity index (χ4v) is 2.53. The molecule has 1 heterocycles. The number of nitrogens with one attached hydrogen (secondary N) is 1. The number of carbonyl (C=O) groups is 1. The number of amides is 1. The Bertz CT molecular complexity index is 462. The van der Waals surface area contributed by atoms with Gasteiger partial charge in [0.25, 0.3) is 5.91 Å². The second kappa shape index (κ2) is 7.61. The predicted molar refractivity (Wildman–Crippen MR) is 82.8 cm³/mol. The first kappa shape index (κ1) is 15.3. The zero-order chi connectivity index (χ0) is 14.4. The van der Waals surface area contributed by atoms with Gasteiger partial charge in [-0.3, -0.25) is 9.69 Å². The number of hydrogen-bond acceptors (Lipinski definition) is 4. The molecule has 1 aromatic carbocycles. The van der Waals surface area contributed by atoms with Crippen LogP contribution in [0.15, 0.2) is 22.7 Å². The second-order valence-corrected chi connectivity index (χ2v) is 5.62. The zero-order valence-corrected chi connectivity index (χ0v) is 13.0. The van der Waals surface area contributed by atoms with Crippen LogP contribution < -0.4 is 11.1 Å². The van der Waals surface area contributed by atoms with E-state index in [-0.39, 0.29) is 5.91 Å². The van der Waals surface area contributed by atoms with Crippen molar-refractivity contribution in [2.75, 3.05) is 45.1 Å². The fraction of sp³-hybridized carbons (Fsp3) is 0.500. The van der Waals surface area contributed by atoms with Crippen LogP contribution >= 0.6 is 15.9 Å². The summed E-state index contributed by atoms with van der Waals surface area (Å²) in [5.74, 6) is -0.120. The monoisotopic (exact) mass is 341 g/mol. The van der Waals surface area contributed by atoms with Crippen LogP contribution in [0.5, 0.6) is 0 Å². The lowest BCUT2D eigenvalue weighted by Crippen LogP contribution is -2.38. The third-order valence-electron chi connectivity index (χ3n) is 3.34. The van der Waals surface area contributed by atoms with Gasteiger partial charge >= 0.3 is 0 Å². The summed E-state index contributed by atoms with van der Waals surface area (Å²) in [5.41, 5.74) is 6.88. The Hall–Kier alpha value is -1.11. The molecule has 1 amide bonds. The van der Waals surface area contributed by atoms with Crippen molar-refractivity contribution in [2.24, 2.45) is 0 Å². The Morgan fingerprint density at radius 2 is 2.15 bits per heavy atom. The minimum Gasteiger partial charge on any atom is -0.397 e. The number of benzene rings is 1. The summed E-state index contributed by atoms with van der Waals surface area (Å²) in [5, 5.41) is 2.91. The third-order valence-corrected chi connectivity index (χ3v) is 4.03. The van der Waals surface area contributed by atoms with Crippen LogP contribution in [0.2, 0.25) is 0 Å². The quantitative estimate of drug-likeness (QED) is 0.628. The Morgan fingerprint density at radius 1 is 1.40 bits per heavy atom. The third kappa shape index (κ3) is 4.19. The van der Waals surface area contributed by atoms with Gasteiger partial charge in [-0.15, -0.1) is 0 Å². The van der Waals surface area contributed by atoms with Crippen molar-refractivity contribution in [3.8, 4) is 0 Å². The van der Waals surface area contributed by atoms with Crippen LogP contribution in [0.25, 0.3) is 0 Å². The molecule has 1 aliphatic rings. The van der Waals surface area contributed by atoms with Crippen LogP contribution in [-0.2, 0) is 4.74 Å². The number of rotatable bonds is 5. The normalized spacial score (nSPS) is 16.1. The van der Waals surface area contributed by atoms with Gasteiger partial charge in [0.15, 0.2) is 0 Å². The van der Waals surface area contributed by atoms with Gasteiger partial charge in [0.05, 0.1) is 24.5 Å². The molecule has 110 valence electrons. The van der Waals surface area contributed by atoms with E-state index in [9.17, 15) is 4.79 Å². The van der Waals surface area contributed by atoms with Crippen LogP contribution in [0, 0.1) is 0 Å². The Labute approximate surface area is 127 Å². The summed E-state index contributed by atoms with van der Waals surface area (Å²) in [4.78, 5) is 14.4. The maximum atomic E-state index is 12.0. The first-order valence-electron chi connectivity index (χ1n) is 6.81. The number of nitrogens with zero attached hydrogens (tertiary/aromatic N) is 1. The zero-order valence-electron chi connectivity index (χ0n) is 11.4. The molecule has 0 atom stereocenters. The number of para-hydroxylation sites is 1. The Kier molecular flexibility index (Phi) is 5.82. The number of nitrogen functional groups attached to an aromatic ring is 1. The number of hydrogen-bond donors (Lipinski definition) is 2. The van der Waals surface area contributed by atoms with Crippen LogP contribution in [0.4, 0.5) is 5.69 Å². The average Bonchev–Trinajstić information content (AvgIpc) is 2.47. The number of nitrogens with two attached hydrogens (primary N) is 1. The topological polar surface area (TPSA) is 67.6 Å². The first-order chi connectivity index (χ1) is 9.68. The minimum absolute atomic E-state index is 0.120. The Morgan fingerprint density at radius 3 is 2.90 bits per heavy atom. The van der Waals surface area contributed by atoms with E-state index in [1.54, 1.807) is 6.07 Å². The van der Waals surface area contributed by atoms with E-state index in [0.29, 0.717) is 17.8 Å². The van der Waals surface area contributed by atoms with Gasteiger partial charge in [0, 0.05) is 24.1 Å². The van der Waals surface area contributed by atoms with Gasteiger partial charge in [-0.1, -0.05) is 6.07 Å². The minimum atomic E-state index is -0.120. The number of ether oxygens (including phenoxy) is 1. The molecule has 1 fully saturated rings. The molecular formula is C14H20BrN3O2. The molecule has 3 N–H and O–H groups in total. The highest BCUT2D eigenvalue weighted by molar-refractivity contribution is 9.10. The molecule has 6 heteroatoms. The molecule has 0 saturated carbocycles. The van der Waals surface area contributed by atoms with E-state index in [0.717, 1.165) is 43.7 Å². The van der Waals surface area contributed by atoms with E-state index in [1.165, 1.54) is 0 Å². The molecule has 20 heavy (non-hydrogen) atoms. The molecule has 0 aliphatic carbocycles. The largest absolute Gasteiger partial charge is 0.397 e.